The van der Waals surface area contributed by atoms with Gasteiger partial charge in [0.1, 0.15) is 5.69 Å². The number of aryl methyl sites for hydroxylation is 2. The van der Waals surface area contributed by atoms with E-state index in [0.29, 0.717) is 0 Å². The van der Waals surface area contributed by atoms with E-state index in [0.717, 1.165) is 21.9 Å². The maximum atomic E-state index is 11.4. The predicted octanol–water partition coefficient (Wildman–Crippen LogP) is 1.46. The minimum Gasteiger partial charge on any atom is -0.476 e. The Morgan fingerprint density at radius 2 is 1.95 bits per heavy atom. The van der Waals surface area contributed by atoms with Crippen molar-refractivity contribution in [2.24, 2.45) is 0 Å². The van der Waals surface area contributed by atoms with Gasteiger partial charge in [-0.3, -0.25) is 14.9 Å². The largest absolute Gasteiger partial charge is 0.476 e. The van der Waals surface area contributed by atoms with Gasteiger partial charge in [0.05, 0.1) is 4.92 Å². The summed E-state index contributed by atoms with van der Waals surface area (Å²) in [4.78, 5) is 32.9. The van der Waals surface area contributed by atoms with Gasteiger partial charge >= 0.3 is 5.97 Å². The molecule has 0 amide bonds. The number of hydrogen-bond acceptors (Lipinski definition) is 5. The number of nitrogens with zero attached hydrogens (tertiary/aromatic N) is 3. The Hall–Kier alpha value is -3.03. The Labute approximate surface area is 118 Å². The van der Waals surface area contributed by atoms with Crippen LogP contribution in [0.5, 0.6) is 0 Å². The number of nitro groups is 1. The van der Waals surface area contributed by atoms with Gasteiger partial charge in [0.2, 0.25) is 11.1 Å². The lowest BCUT2D eigenvalue weighted by molar-refractivity contribution is -0.384. The Bertz CT molecular complexity index is 810. The van der Waals surface area contributed by atoms with Crippen LogP contribution < -0.4 is 5.43 Å². The average Bonchev–Trinajstić information content (AvgIpc) is 2.41. The fraction of sp³-hybridized carbons (Fsp3) is 0.154. The van der Waals surface area contributed by atoms with E-state index < -0.39 is 22.0 Å². The summed E-state index contributed by atoms with van der Waals surface area (Å²) < 4.78 is 1.02. The highest BCUT2D eigenvalue weighted by molar-refractivity contribution is 5.84. The first-order chi connectivity index (χ1) is 9.81. The zero-order valence-electron chi connectivity index (χ0n) is 11.2. The zero-order chi connectivity index (χ0) is 15.7. The molecule has 0 aliphatic heterocycles. The van der Waals surface area contributed by atoms with Crippen LogP contribution in [-0.4, -0.2) is 25.8 Å². The number of carboxylic acid groups (broad SMARTS) is 1. The number of carbonyl (C=O) groups is 1. The molecule has 2 rings (SSSR count). The predicted molar refractivity (Wildman–Crippen MR) is 72.9 cm³/mol. The van der Waals surface area contributed by atoms with E-state index in [4.69, 9.17) is 5.11 Å². The second kappa shape index (κ2) is 5.16. The fourth-order valence-corrected chi connectivity index (χ4v) is 1.81. The molecule has 1 aromatic heterocycles. The van der Waals surface area contributed by atoms with Crippen molar-refractivity contribution in [2.75, 3.05) is 0 Å². The van der Waals surface area contributed by atoms with Crippen LogP contribution in [0.2, 0.25) is 0 Å². The molecule has 1 N–H and O–H groups in total. The van der Waals surface area contributed by atoms with Gasteiger partial charge in [0.25, 0.3) is 5.69 Å². The van der Waals surface area contributed by atoms with Crippen molar-refractivity contribution in [3.8, 4) is 5.69 Å². The normalized spacial score (nSPS) is 10.4. The third-order valence-corrected chi connectivity index (χ3v) is 3.05. The van der Waals surface area contributed by atoms with Gasteiger partial charge in [-0.15, -0.1) is 0 Å². The van der Waals surface area contributed by atoms with E-state index >= 15 is 0 Å². The number of aromatic nitrogens is 2. The molecule has 0 spiro atoms. The molecule has 8 heteroatoms. The molecule has 0 saturated carbocycles. The van der Waals surface area contributed by atoms with Crippen molar-refractivity contribution in [1.29, 1.82) is 0 Å². The molecule has 0 fully saturated rings. The molecule has 2 aromatic rings. The second-order valence-corrected chi connectivity index (χ2v) is 4.46. The van der Waals surface area contributed by atoms with E-state index in [9.17, 15) is 19.7 Å². The third kappa shape index (κ3) is 2.64. The second-order valence-electron chi connectivity index (χ2n) is 4.46. The molecular formula is C13H11N3O5. The van der Waals surface area contributed by atoms with Crippen LogP contribution in [0.4, 0.5) is 5.69 Å². The highest BCUT2D eigenvalue weighted by Crippen LogP contribution is 2.25. The van der Waals surface area contributed by atoms with Crippen molar-refractivity contribution in [2.45, 2.75) is 13.8 Å². The summed E-state index contributed by atoms with van der Waals surface area (Å²) in [5.74, 6) is -1.49. The molecular weight excluding hydrogens is 278 g/mol. The molecule has 0 aliphatic carbocycles. The summed E-state index contributed by atoms with van der Waals surface area (Å²) in [5, 5.41) is 23.7. The lowest BCUT2D eigenvalue weighted by Gasteiger charge is -2.09. The Morgan fingerprint density at radius 3 is 2.52 bits per heavy atom. The molecule has 108 valence electrons. The van der Waals surface area contributed by atoms with Gasteiger partial charge in [-0.05, 0) is 31.0 Å². The van der Waals surface area contributed by atoms with Crippen molar-refractivity contribution in [3.05, 3.63) is 61.6 Å². The molecule has 0 saturated heterocycles. The van der Waals surface area contributed by atoms with Gasteiger partial charge in [-0.1, -0.05) is 0 Å². The summed E-state index contributed by atoms with van der Waals surface area (Å²) in [6, 6.07) is 3.91. The number of rotatable bonds is 3. The van der Waals surface area contributed by atoms with Crippen molar-refractivity contribution >= 4 is 11.7 Å². The van der Waals surface area contributed by atoms with Crippen LogP contribution in [-0.2, 0) is 0 Å². The molecule has 1 heterocycles. The maximum absolute atomic E-state index is 11.4. The van der Waals surface area contributed by atoms with Crippen LogP contribution >= 0.6 is 0 Å². The van der Waals surface area contributed by atoms with Crippen molar-refractivity contribution < 1.29 is 14.8 Å². The van der Waals surface area contributed by atoms with E-state index in [2.05, 4.69) is 5.10 Å². The van der Waals surface area contributed by atoms with Gasteiger partial charge in [-0.25, -0.2) is 9.48 Å². The standard InChI is InChI=1S/C13H11N3O5/c1-7-5-9(10(16(20)21)6-8(7)2)15-4-3-11(17)12(14-15)13(18)19/h3-6H,1-2H3,(H,18,19). The number of carboxylic acids is 1. The summed E-state index contributed by atoms with van der Waals surface area (Å²) in [7, 11) is 0. The van der Waals surface area contributed by atoms with Crippen LogP contribution in [0.25, 0.3) is 5.69 Å². The highest BCUT2D eigenvalue weighted by atomic mass is 16.6. The summed E-state index contributed by atoms with van der Waals surface area (Å²) >= 11 is 0. The van der Waals surface area contributed by atoms with E-state index in [-0.39, 0.29) is 11.4 Å². The number of benzene rings is 1. The number of nitro benzene ring substituents is 1. The topological polar surface area (TPSA) is 115 Å². The first-order valence-corrected chi connectivity index (χ1v) is 5.90. The first-order valence-electron chi connectivity index (χ1n) is 5.90. The SMILES string of the molecule is Cc1cc(-n2ccc(=O)c(C(=O)O)n2)c([N+](=O)[O-])cc1C. The van der Waals surface area contributed by atoms with Crippen LogP contribution in [0.1, 0.15) is 21.6 Å². The van der Waals surface area contributed by atoms with Gasteiger partial charge in [0, 0.05) is 18.3 Å². The first kappa shape index (κ1) is 14.4. The molecule has 0 bridgehead atoms. The summed E-state index contributed by atoms with van der Waals surface area (Å²) in [6.45, 7) is 3.50. The third-order valence-electron chi connectivity index (χ3n) is 3.05. The lowest BCUT2D eigenvalue weighted by atomic mass is 10.1. The minimum atomic E-state index is -1.49. The lowest BCUT2D eigenvalue weighted by Crippen LogP contribution is -2.20. The number of aromatic carboxylic acids is 1. The number of hydrogen-bond donors (Lipinski definition) is 1. The summed E-state index contributed by atoms with van der Waals surface area (Å²) in [5.41, 5.74) is -0.0515. The van der Waals surface area contributed by atoms with E-state index in [1.165, 1.54) is 18.3 Å². The minimum absolute atomic E-state index is 0.102. The Morgan fingerprint density at radius 1 is 1.33 bits per heavy atom. The Kier molecular flexibility index (Phi) is 3.53. The molecule has 1 aromatic carbocycles. The fourth-order valence-electron chi connectivity index (χ4n) is 1.81. The van der Waals surface area contributed by atoms with Gasteiger partial charge < -0.3 is 5.11 Å². The maximum Gasteiger partial charge on any atom is 0.360 e. The molecule has 8 nitrogen and oxygen atoms in total. The van der Waals surface area contributed by atoms with Gasteiger partial charge in [-0.2, -0.15) is 5.10 Å². The average molecular weight is 289 g/mol. The van der Waals surface area contributed by atoms with Gasteiger partial charge in [0.15, 0.2) is 0 Å². The summed E-state index contributed by atoms with van der Waals surface area (Å²) in [6.07, 6.45) is 1.20. The van der Waals surface area contributed by atoms with Crippen molar-refractivity contribution in [1.82, 2.24) is 9.78 Å². The van der Waals surface area contributed by atoms with Crippen LogP contribution in [0, 0.1) is 24.0 Å². The van der Waals surface area contributed by atoms with Crippen LogP contribution in [0.15, 0.2) is 29.2 Å². The molecule has 0 atom stereocenters. The smallest absolute Gasteiger partial charge is 0.360 e. The van der Waals surface area contributed by atoms with E-state index in [1.807, 2.05) is 0 Å². The Balaban J connectivity index is 2.75. The molecule has 0 aliphatic rings. The highest BCUT2D eigenvalue weighted by Gasteiger charge is 2.19. The quantitative estimate of drug-likeness (QED) is 0.675. The van der Waals surface area contributed by atoms with Crippen molar-refractivity contribution in [3.63, 3.8) is 0 Å². The molecule has 0 unspecified atom stereocenters. The monoisotopic (exact) mass is 289 g/mol. The molecule has 0 radical (unpaired) electrons. The molecule has 21 heavy (non-hydrogen) atoms. The zero-order valence-corrected chi connectivity index (χ0v) is 11.2. The van der Waals surface area contributed by atoms with E-state index in [1.54, 1.807) is 13.8 Å². The van der Waals surface area contributed by atoms with Crippen LogP contribution in [0.3, 0.4) is 0 Å².